The Morgan fingerprint density at radius 1 is 0.840 bits per heavy atom. The summed E-state index contributed by atoms with van der Waals surface area (Å²) in [5.41, 5.74) is 2.32. The van der Waals surface area contributed by atoms with Gasteiger partial charge in [-0.3, -0.25) is 4.79 Å². The van der Waals surface area contributed by atoms with E-state index in [-0.39, 0.29) is 23.7 Å². The molecule has 25 heavy (non-hydrogen) atoms. The van der Waals surface area contributed by atoms with Crippen molar-refractivity contribution in [3.05, 3.63) is 68.7 Å². The largest absolute Gasteiger partial charge is 0.356 e. The Morgan fingerprint density at radius 3 is 2.28 bits per heavy atom. The van der Waals surface area contributed by atoms with Crippen LogP contribution in [0.3, 0.4) is 0 Å². The van der Waals surface area contributed by atoms with Gasteiger partial charge in [-0.2, -0.15) is 0 Å². The van der Waals surface area contributed by atoms with Gasteiger partial charge < -0.3 is 5.32 Å². The molecule has 1 saturated carbocycles. The zero-order valence-electron chi connectivity index (χ0n) is 13.5. The maximum absolute atomic E-state index is 12.2. The number of halogens is 3. The van der Waals surface area contributed by atoms with E-state index < -0.39 is 0 Å². The van der Waals surface area contributed by atoms with Gasteiger partial charge in [-0.1, -0.05) is 53.0 Å². The monoisotopic (exact) mass is 393 g/mol. The average Bonchev–Trinajstić information content (AvgIpc) is 2.95. The maximum Gasteiger partial charge on any atom is 0.223 e. The molecular formula is C20H18Cl3NO. The van der Waals surface area contributed by atoms with Gasteiger partial charge in [0.25, 0.3) is 0 Å². The number of benzene rings is 2. The highest BCUT2D eigenvalue weighted by atomic mass is 35.5. The van der Waals surface area contributed by atoms with Crippen molar-refractivity contribution in [2.24, 2.45) is 11.8 Å². The van der Waals surface area contributed by atoms with E-state index in [0.29, 0.717) is 16.0 Å². The van der Waals surface area contributed by atoms with Gasteiger partial charge in [-0.15, -0.1) is 0 Å². The molecule has 1 aliphatic heterocycles. The summed E-state index contributed by atoms with van der Waals surface area (Å²) in [5, 5.41) is 5.09. The minimum absolute atomic E-state index is 0.0861. The topological polar surface area (TPSA) is 29.1 Å². The Balaban J connectivity index is 1.75. The van der Waals surface area contributed by atoms with E-state index in [0.717, 1.165) is 30.0 Å². The summed E-state index contributed by atoms with van der Waals surface area (Å²) >= 11 is 18.7. The molecule has 0 radical (unpaired) electrons. The van der Waals surface area contributed by atoms with Gasteiger partial charge in [0.1, 0.15) is 0 Å². The molecule has 1 amide bonds. The van der Waals surface area contributed by atoms with E-state index in [4.69, 9.17) is 34.8 Å². The predicted octanol–water partition coefficient (Wildman–Crippen LogP) is 5.67. The van der Waals surface area contributed by atoms with Crippen LogP contribution in [0.1, 0.15) is 35.8 Å². The highest BCUT2D eigenvalue weighted by Gasteiger charge is 2.45. The lowest BCUT2D eigenvalue weighted by atomic mass is 9.65. The summed E-state index contributed by atoms with van der Waals surface area (Å²) in [4.78, 5) is 12.2. The Morgan fingerprint density at radius 2 is 1.56 bits per heavy atom. The van der Waals surface area contributed by atoms with Crippen molar-refractivity contribution in [3.63, 3.8) is 0 Å². The van der Waals surface area contributed by atoms with Crippen LogP contribution in [0, 0.1) is 11.8 Å². The lowest BCUT2D eigenvalue weighted by Crippen LogP contribution is -2.30. The van der Waals surface area contributed by atoms with Crippen molar-refractivity contribution < 1.29 is 4.79 Å². The lowest BCUT2D eigenvalue weighted by molar-refractivity contribution is -0.123. The van der Waals surface area contributed by atoms with Crippen molar-refractivity contribution in [2.75, 3.05) is 6.54 Å². The molecule has 0 unspecified atom stereocenters. The summed E-state index contributed by atoms with van der Waals surface area (Å²) in [6.07, 6.45) is 1.78. The zero-order chi connectivity index (χ0) is 17.6. The number of rotatable bonds is 2. The van der Waals surface area contributed by atoms with E-state index in [9.17, 15) is 4.79 Å². The van der Waals surface area contributed by atoms with Crippen LogP contribution in [0.25, 0.3) is 0 Å². The van der Waals surface area contributed by atoms with Crippen molar-refractivity contribution in [2.45, 2.75) is 24.7 Å². The normalized spacial score (nSPS) is 28.5. The van der Waals surface area contributed by atoms with Crippen LogP contribution >= 0.6 is 34.8 Å². The third kappa shape index (κ3) is 3.28. The molecule has 5 heteroatoms. The molecule has 1 heterocycles. The van der Waals surface area contributed by atoms with E-state index in [1.165, 1.54) is 5.56 Å². The highest BCUT2D eigenvalue weighted by Crippen LogP contribution is 2.51. The van der Waals surface area contributed by atoms with Crippen LogP contribution in [0.5, 0.6) is 0 Å². The number of carbonyl (C=O) groups excluding carboxylic acids is 1. The van der Waals surface area contributed by atoms with Gasteiger partial charge >= 0.3 is 0 Å². The number of fused-ring (bicyclic) bond motifs is 1. The molecule has 130 valence electrons. The molecule has 0 aromatic heterocycles. The molecule has 2 nitrogen and oxygen atoms in total. The number of nitrogens with one attached hydrogen (secondary N) is 1. The standard InChI is InChI=1S/C20H18Cl3NO/c21-13-3-1-11(2-4-13)16-9-17-12(10-24-20(17)25)7-18(16)15-6-5-14(22)8-19(15)23/h1-6,8,12,16-18H,7,9-10H2,(H,24,25)/t12-,16-,17-,18-/m1/s1. The van der Waals surface area contributed by atoms with E-state index in [2.05, 4.69) is 17.4 Å². The number of carbonyl (C=O) groups is 1. The van der Waals surface area contributed by atoms with Gasteiger partial charge in [-0.05, 0) is 66.0 Å². The molecule has 1 N–H and O–H groups in total. The lowest BCUT2D eigenvalue weighted by Gasteiger charge is -2.38. The average molecular weight is 395 g/mol. The second-order valence-electron chi connectivity index (χ2n) is 7.01. The third-order valence-electron chi connectivity index (χ3n) is 5.65. The van der Waals surface area contributed by atoms with Crippen LogP contribution in [0.2, 0.25) is 15.1 Å². The third-order valence-corrected chi connectivity index (χ3v) is 6.47. The second kappa shape index (κ2) is 6.83. The minimum Gasteiger partial charge on any atom is -0.356 e. The summed E-state index contributed by atoms with van der Waals surface area (Å²) < 4.78 is 0. The SMILES string of the molecule is O=C1NC[C@H]2C[C@H](c3ccc(Cl)cc3Cl)[C@@H](c3ccc(Cl)cc3)C[C@@H]12. The van der Waals surface area contributed by atoms with Crippen molar-refractivity contribution in [1.29, 1.82) is 0 Å². The van der Waals surface area contributed by atoms with Crippen LogP contribution in [0.4, 0.5) is 0 Å². The Labute approximate surface area is 162 Å². The summed E-state index contributed by atoms with van der Waals surface area (Å²) in [5.74, 6) is 1.14. The minimum atomic E-state index is 0.0861. The van der Waals surface area contributed by atoms with Gasteiger partial charge in [0, 0.05) is 27.5 Å². The fourth-order valence-electron chi connectivity index (χ4n) is 4.42. The van der Waals surface area contributed by atoms with Crippen LogP contribution in [-0.2, 0) is 4.79 Å². The fraction of sp³-hybridized carbons (Fsp3) is 0.350. The predicted molar refractivity (Wildman–Crippen MR) is 103 cm³/mol. The molecule has 2 fully saturated rings. The van der Waals surface area contributed by atoms with Crippen molar-refractivity contribution >= 4 is 40.7 Å². The van der Waals surface area contributed by atoms with E-state index in [1.54, 1.807) is 0 Å². The van der Waals surface area contributed by atoms with Crippen LogP contribution < -0.4 is 5.32 Å². The maximum atomic E-state index is 12.2. The van der Waals surface area contributed by atoms with Crippen LogP contribution in [0.15, 0.2) is 42.5 Å². The zero-order valence-corrected chi connectivity index (χ0v) is 15.8. The fourth-order valence-corrected chi connectivity index (χ4v) is 5.09. The van der Waals surface area contributed by atoms with Gasteiger partial charge in [0.05, 0.1) is 0 Å². The number of hydrogen-bond donors (Lipinski definition) is 1. The van der Waals surface area contributed by atoms with E-state index >= 15 is 0 Å². The number of amides is 1. The summed E-state index contributed by atoms with van der Waals surface area (Å²) in [7, 11) is 0. The van der Waals surface area contributed by atoms with Gasteiger partial charge in [0.2, 0.25) is 5.91 Å². The molecule has 2 aliphatic rings. The molecule has 1 aliphatic carbocycles. The van der Waals surface area contributed by atoms with E-state index in [1.807, 2.05) is 30.3 Å². The second-order valence-corrected chi connectivity index (χ2v) is 8.29. The Hall–Kier alpha value is -1.22. The van der Waals surface area contributed by atoms with Crippen molar-refractivity contribution in [3.8, 4) is 0 Å². The summed E-state index contributed by atoms with van der Waals surface area (Å²) in [6.45, 7) is 0.762. The Kier molecular flexibility index (Phi) is 4.70. The first-order valence-corrected chi connectivity index (χ1v) is 9.64. The summed E-state index contributed by atoms with van der Waals surface area (Å²) in [6, 6.07) is 13.7. The van der Waals surface area contributed by atoms with Gasteiger partial charge in [-0.25, -0.2) is 0 Å². The quantitative estimate of drug-likeness (QED) is 0.698. The molecule has 0 spiro atoms. The molecule has 4 atom stereocenters. The van der Waals surface area contributed by atoms with Crippen LogP contribution in [-0.4, -0.2) is 12.5 Å². The molecule has 0 bridgehead atoms. The van der Waals surface area contributed by atoms with Crippen molar-refractivity contribution in [1.82, 2.24) is 5.32 Å². The molecule has 4 rings (SSSR count). The Bertz CT molecular complexity index is 805. The molecular weight excluding hydrogens is 377 g/mol. The number of hydrogen-bond acceptors (Lipinski definition) is 1. The molecule has 1 saturated heterocycles. The smallest absolute Gasteiger partial charge is 0.223 e. The first-order chi connectivity index (χ1) is 12.0. The molecule has 2 aromatic carbocycles. The van der Waals surface area contributed by atoms with Gasteiger partial charge in [0.15, 0.2) is 0 Å². The molecule has 2 aromatic rings. The highest BCUT2D eigenvalue weighted by molar-refractivity contribution is 6.35. The first kappa shape index (κ1) is 17.2. The first-order valence-electron chi connectivity index (χ1n) is 8.51.